The highest BCUT2D eigenvalue weighted by atomic mass is 15.1. The van der Waals surface area contributed by atoms with E-state index in [4.69, 9.17) is 4.98 Å². The summed E-state index contributed by atoms with van der Waals surface area (Å²) in [4.78, 5) is 7.04. The molecular weight excluding hydrogens is 382 g/mol. The molecule has 5 heteroatoms. The minimum Gasteiger partial charge on any atom is -0.371 e. The zero-order valence-electron chi connectivity index (χ0n) is 19.7. The van der Waals surface area contributed by atoms with Crippen molar-refractivity contribution in [3.63, 3.8) is 0 Å². The van der Waals surface area contributed by atoms with Crippen LogP contribution in [0.2, 0.25) is 0 Å². The van der Waals surface area contributed by atoms with Crippen molar-refractivity contribution in [2.45, 2.75) is 65.2 Å². The highest BCUT2D eigenvalue weighted by molar-refractivity contribution is 5.86. The lowest BCUT2D eigenvalue weighted by molar-refractivity contribution is 0.405. The van der Waals surface area contributed by atoms with Crippen molar-refractivity contribution < 1.29 is 0 Å². The molecule has 2 aromatic heterocycles. The molecule has 0 aliphatic heterocycles. The molecule has 0 bridgehead atoms. The van der Waals surface area contributed by atoms with Crippen molar-refractivity contribution in [2.75, 3.05) is 32.5 Å². The van der Waals surface area contributed by atoms with Crippen molar-refractivity contribution in [2.24, 2.45) is 0 Å². The highest BCUT2D eigenvalue weighted by Crippen LogP contribution is 2.32. The molecule has 0 unspecified atom stereocenters. The molecule has 2 heterocycles. The number of imidazole rings is 1. The van der Waals surface area contributed by atoms with Gasteiger partial charge in [-0.05, 0) is 70.1 Å². The Bertz CT molecular complexity index is 1040. The summed E-state index contributed by atoms with van der Waals surface area (Å²) in [7, 11) is 4.22. The van der Waals surface area contributed by atoms with E-state index < -0.39 is 0 Å². The molecule has 0 saturated heterocycles. The van der Waals surface area contributed by atoms with Gasteiger partial charge in [-0.2, -0.15) is 5.26 Å². The number of aromatic nitrogens is 2. The fraction of sp³-hybridized carbons (Fsp3) is 0.538. The van der Waals surface area contributed by atoms with Crippen LogP contribution in [0.25, 0.3) is 16.7 Å². The van der Waals surface area contributed by atoms with E-state index in [0.717, 1.165) is 60.4 Å². The van der Waals surface area contributed by atoms with Crippen LogP contribution in [0.1, 0.15) is 68.6 Å². The number of nitriles is 1. The van der Waals surface area contributed by atoms with Gasteiger partial charge >= 0.3 is 0 Å². The summed E-state index contributed by atoms with van der Waals surface area (Å²) < 4.78 is 2.18. The summed E-state index contributed by atoms with van der Waals surface area (Å²) in [5.74, 6) is 1.12. The van der Waals surface area contributed by atoms with Gasteiger partial charge in [0.25, 0.3) is 0 Å². The molecule has 166 valence electrons. The number of rotatable bonds is 12. The van der Waals surface area contributed by atoms with Crippen LogP contribution in [0.3, 0.4) is 0 Å². The molecule has 3 rings (SSSR count). The Labute approximate surface area is 187 Å². The number of benzene rings is 1. The second-order valence-corrected chi connectivity index (χ2v) is 8.80. The number of nitrogens with one attached hydrogen (secondary N) is 1. The standard InChI is InChI=1S/C26H37N5/c1-5-6-7-8-9-10-14-21-20(2)22(19-27)26-29-23-15-11-12-16-24(23)31(26)25(21)28-17-13-18-30(3)4/h11-12,15-16,28H,5-10,13-14,17-18H2,1-4H3. The number of nitrogens with zero attached hydrogens (tertiary/aromatic N) is 4. The van der Waals surface area contributed by atoms with E-state index in [1.54, 1.807) is 0 Å². The van der Waals surface area contributed by atoms with Crippen LogP contribution in [0.15, 0.2) is 24.3 Å². The van der Waals surface area contributed by atoms with E-state index in [0.29, 0.717) is 5.56 Å². The van der Waals surface area contributed by atoms with Crippen LogP contribution in [-0.4, -0.2) is 41.5 Å². The fourth-order valence-electron chi connectivity index (χ4n) is 4.36. The Hall–Kier alpha value is -2.58. The minimum absolute atomic E-state index is 0.705. The molecule has 0 radical (unpaired) electrons. The number of hydrogen-bond acceptors (Lipinski definition) is 4. The normalized spacial score (nSPS) is 11.5. The van der Waals surface area contributed by atoms with Gasteiger partial charge in [0, 0.05) is 6.54 Å². The molecule has 0 saturated carbocycles. The smallest absolute Gasteiger partial charge is 0.157 e. The molecule has 31 heavy (non-hydrogen) atoms. The number of fused-ring (bicyclic) bond motifs is 3. The van der Waals surface area contributed by atoms with Crippen molar-refractivity contribution >= 4 is 22.5 Å². The first-order chi connectivity index (χ1) is 15.1. The average molecular weight is 420 g/mol. The Morgan fingerprint density at radius 3 is 2.55 bits per heavy atom. The number of unbranched alkanes of at least 4 members (excludes halogenated alkanes) is 5. The molecule has 0 spiro atoms. The molecule has 0 amide bonds. The Balaban J connectivity index is 1.99. The quantitative estimate of drug-likeness (QED) is 0.369. The third-order valence-electron chi connectivity index (χ3n) is 6.09. The Kier molecular flexibility index (Phi) is 8.31. The van der Waals surface area contributed by atoms with Gasteiger partial charge in [-0.3, -0.25) is 4.40 Å². The Morgan fingerprint density at radius 1 is 1.06 bits per heavy atom. The third-order valence-corrected chi connectivity index (χ3v) is 6.09. The number of pyridine rings is 1. The summed E-state index contributed by atoms with van der Waals surface area (Å²) in [5, 5.41) is 13.7. The van der Waals surface area contributed by atoms with Crippen LogP contribution in [0.5, 0.6) is 0 Å². The zero-order valence-corrected chi connectivity index (χ0v) is 19.7. The predicted molar refractivity (Wildman–Crippen MR) is 131 cm³/mol. The van der Waals surface area contributed by atoms with Gasteiger partial charge in [0.1, 0.15) is 11.9 Å². The van der Waals surface area contributed by atoms with Gasteiger partial charge in [-0.1, -0.05) is 51.2 Å². The molecule has 0 fully saturated rings. The topological polar surface area (TPSA) is 56.4 Å². The maximum Gasteiger partial charge on any atom is 0.157 e. The van der Waals surface area contributed by atoms with Crippen LogP contribution in [0, 0.1) is 18.3 Å². The molecule has 0 atom stereocenters. The lowest BCUT2D eigenvalue weighted by atomic mass is 9.98. The maximum absolute atomic E-state index is 9.97. The summed E-state index contributed by atoms with van der Waals surface area (Å²) in [6.45, 7) is 6.29. The highest BCUT2D eigenvalue weighted by Gasteiger charge is 2.20. The number of anilines is 1. The van der Waals surface area contributed by atoms with Crippen LogP contribution < -0.4 is 5.32 Å². The van der Waals surface area contributed by atoms with Gasteiger partial charge in [0.05, 0.1) is 16.6 Å². The zero-order chi connectivity index (χ0) is 22.2. The van der Waals surface area contributed by atoms with Crippen LogP contribution in [0.4, 0.5) is 5.82 Å². The monoisotopic (exact) mass is 419 g/mol. The molecule has 0 aliphatic carbocycles. The van der Waals surface area contributed by atoms with Gasteiger partial charge in [-0.25, -0.2) is 4.98 Å². The molecule has 5 nitrogen and oxygen atoms in total. The number of hydrogen-bond donors (Lipinski definition) is 1. The number of para-hydroxylation sites is 2. The second kappa shape index (κ2) is 11.2. The molecular formula is C26H37N5. The van der Waals surface area contributed by atoms with E-state index >= 15 is 0 Å². The largest absolute Gasteiger partial charge is 0.371 e. The molecule has 0 aliphatic rings. The first kappa shape index (κ1) is 23.1. The predicted octanol–water partition coefficient (Wildman–Crippen LogP) is 5.93. The lowest BCUT2D eigenvalue weighted by Crippen LogP contribution is -2.18. The molecule has 1 aromatic carbocycles. The van der Waals surface area contributed by atoms with Crippen LogP contribution in [-0.2, 0) is 6.42 Å². The van der Waals surface area contributed by atoms with Gasteiger partial charge in [-0.15, -0.1) is 0 Å². The summed E-state index contributed by atoms with van der Waals surface area (Å²) in [5.41, 5.74) is 5.82. The Morgan fingerprint density at radius 2 is 1.81 bits per heavy atom. The third kappa shape index (κ3) is 5.37. The molecule has 3 aromatic rings. The van der Waals surface area contributed by atoms with Crippen molar-refractivity contribution in [3.05, 3.63) is 41.0 Å². The van der Waals surface area contributed by atoms with Crippen molar-refractivity contribution in [1.82, 2.24) is 14.3 Å². The van der Waals surface area contributed by atoms with E-state index in [9.17, 15) is 5.26 Å². The first-order valence-electron chi connectivity index (χ1n) is 11.8. The van der Waals surface area contributed by atoms with E-state index in [1.807, 2.05) is 18.2 Å². The minimum atomic E-state index is 0.705. The van der Waals surface area contributed by atoms with Crippen molar-refractivity contribution in [1.29, 1.82) is 5.26 Å². The average Bonchev–Trinajstić information content (AvgIpc) is 3.13. The van der Waals surface area contributed by atoms with Crippen LogP contribution >= 0.6 is 0 Å². The summed E-state index contributed by atoms with van der Waals surface area (Å²) in [6, 6.07) is 10.6. The van der Waals surface area contributed by atoms with Gasteiger partial charge in [0.2, 0.25) is 0 Å². The van der Waals surface area contributed by atoms with Gasteiger partial charge in [0.15, 0.2) is 5.65 Å². The first-order valence-corrected chi connectivity index (χ1v) is 11.8. The SMILES string of the molecule is CCCCCCCCc1c(C)c(C#N)c2nc3ccccc3n2c1NCCCN(C)C. The second-order valence-electron chi connectivity index (χ2n) is 8.80. The summed E-state index contributed by atoms with van der Waals surface area (Å²) >= 11 is 0. The van der Waals surface area contributed by atoms with E-state index in [1.165, 1.54) is 37.7 Å². The van der Waals surface area contributed by atoms with E-state index in [2.05, 4.69) is 54.7 Å². The lowest BCUT2D eigenvalue weighted by Gasteiger charge is -2.19. The van der Waals surface area contributed by atoms with Crippen molar-refractivity contribution in [3.8, 4) is 6.07 Å². The maximum atomic E-state index is 9.97. The fourth-order valence-corrected chi connectivity index (χ4v) is 4.36. The molecule has 1 N–H and O–H groups in total. The van der Waals surface area contributed by atoms with Gasteiger partial charge < -0.3 is 10.2 Å². The van der Waals surface area contributed by atoms with E-state index in [-0.39, 0.29) is 0 Å². The summed E-state index contributed by atoms with van der Waals surface area (Å²) in [6.07, 6.45) is 9.66.